The Hall–Kier alpha value is -1.36. The van der Waals surface area contributed by atoms with Crippen molar-refractivity contribution in [1.82, 2.24) is 9.97 Å². The smallest absolute Gasteiger partial charge is 0.257 e. The maximum atomic E-state index is 5.67. The minimum atomic E-state index is 0.0941. The van der Waals surface area contributed by atoms with Crippen molar-refractivity contribution in [1.29, 1.82) is 0 Å². The van der Waals surface area contributed by atoms with Crippen molar-refractivity contribution in [2.75, 3.05) is 25.1 Å². The van der Waals surface area contributed by atoms with E-state index in [2.05, 4.69) is 14.9 Å². The zero-order valence-electron chi connectivity index (χ0n) is 11.3. The average molecular weight is 251 g/mol. The molecule has 2 rings (SSSR count). The van der Waals surface area contributed by atoms with Gasteiger partial charge in [-0.3, -0.25) is 0 Å². The molecule has 1 unspecified atom stereocenters. The van der Waals surface area contributed by atoms with Crippen LogP contribution in [0.3, 0.4) is 0 Å². The largest absolute Gasteiger partial charge is 0.472 e. The van der Waals surface area contributed by atoms with Gasteiger partial charge in [0.25, 0.3) is 5.88 Å². The summed E-state index contributed by atoms with van der Waals surface area (Å²) in [5, 5.41) is 0. The summed E-state index contributed by atoms with van der Waals surface area (Å²) >= 11 is 0. The Morgan fingerprint density at radius 2 is 2.22 bits per heavy atom. The molecule has 1 aromatic rings. The predicted octanol–water partition coefficient (Wildman–Crippen LogP) is 1.88. The van der Waals surface area contributed by atoms with Crippen LogP contribution in [0.4, 0.5) is 5.82 Å². The molecule has 1 aromatic heterocycles. The van der Waals surface area contributed by atoms with Gasteiger partial charge in [0, 0.05) is 32.6 Å². The van der Waals surface area contributed by atoms with Gasteiger partial charge >= 0.3 is 0 Å². The summed E-state index contributed by atoms with van der Waals surface area (Å²) in [6.45, 7) is 5.67. The highest BCUT2D eigenvalue weighted by molar-refractivity contribution is 5.47. The van der Waals surface area contributed by atoms with Gasteiger partial charge in [-0.1, -0.05) is 0 Å². The van der Waals surface area contributed by atoms with Crippen molar-refractivity contribution in [2.45, 2.75) is 38.9 Å². The summed E-state index contributed by atoms with van der Waals surface area (Å²) < 4.78 is 11.3. The van der Waals surface area contributed by atoms with Crippen molar-refractivity contribution in [2.24, 2.45) is 0 Å². The SMILES string of the molecule is CC(C)Oc1nccnc1N(C)CC1CCCO1. The standard InChI is InChI=1S/C13H21N3O2/c1-10(2)18-13-12(14-6-7-15-13)16(3)9-11-5-4-8-17-11/h6-7,10-11H,4-5,8-9H2,1-3H3. The number of hydrogen-bond donors (Lipinski definition) is 0. The fraction of sp³-hybridized carbons (Fsp3) is 0.692. The predicted molar refractivity (Wildman–Crippen MR) is 70.0 cm³/mol. The third kappa shape index (κ3) is 3.32. The van der Waals surface area contributed by atoms with Crippen LogP contribution in [0.2, 0.25) is 0 Å². The summed E-state index contributed by atoms with van der Waals surface area (Å²) in [6, 6.07) is 0. The van der Waals surface area contributed by atoms with Gasteiger partial charge in [-0.2, -0.15) is 0 Å². The molecule has 1 fully saturated rings. The lowest BCUT2D eigenvalue weighted by atomic mass is 10.2. The first-order valence-electron chi connectivity index (χ1n) is 6.47. The molecular formula is C13H21N3O2. The molecule has 0 aliphatic carbocycles. The first-order chi connectivity index (χ1) is 8.66. The lowest BCUT2D eigenvalue weighted by Crippen LogP contribution is -2.30. The minimum Gasteiger partial charge on any atom is -0.472 e. The number of aromatic nitrogens is 2. The molecule has 18 heavy (non-hydrogen) atoms. The molecular weight excluding hydrogens is 230 g/mol. The number of nitrogens with zero attached hydrogens (tertiary/aromatic N) is 3. The van der Waals surface area contributed by atoms with E-state index in [-0.39, 0.29) is 6.10 Å². The van der Waals surface area contributed by atoms with Gasteiger partial charge in [-0.15, -0.1) is 0 Å². The van der Waals surface area contributed by atoms with Crippen LogP contribution in [-0.2, 0) is 4.74 Å². The van der Waals surface area contributed by atoms with Crippen LogP contribution >= 0.6 is 0 Å². The van der Waals surface area contributed by atoms with E-state index < -0.39 is 0 Å². The molecule has 0 radical (unpaired) electrons. The monoisotopic (exact) mass is 251 g/mol. The zero-order valence-corrected chi connectivity index (χ0v) is 11.3. The van der Waals surface area contributed by atoms with E-state index in [4.69, 9.17) is 9.47 Å². The van der Waals surface area contributed by atoms with Crippen LogP contribution in [0, 0.1) is 0 Å². The fourth-order valence-electron chi connectivity index (χ4n) is 2.07. The highest BCUT2D eigenvalue weighted by Gasteiger charge is 2.20. The molecule has 5 heteroatoms. The van der Waals surface area contributed by atoms with Crippen LogP contribution in [-0.4, -0.2) is 42.4 Å². The molecule has 1 aliphatic heterocycles. The second kappa shape index (κ2) is 6.00. The Kier molecular flexibility index (Phi) is 4.36. The lowest BCUT2D eigenvalue weighted by molar-refractivity contribution is 0.116. The summed E-state index contributed by atoms with van der Waals surface area (Å²) in [5.74, 6) is 1.37. The van der Waals surface area contributed by atoms with Gasteiger partial charge in [0.2, 0.25) is 0 Å². The quantitative estimate of drug-likeness (QED) is 0.799. The Morgan fingerprint density at radius 1 is 1.44 bits per heavy atom. The zero-order chi connectivity index (χ0) is 13.0. The Morgan fingerprint density at radius 3 is 2.89 bits per heavy atom. The van der Waals surface area contributed by atoms with Crippen molar-refractivity contribution in [3.8, 4) is 5.88 Å². The maximum absolute atomic E-state index is 5.67. The maximum Gasteiger partial charge on any atom is 0.257 e. The summed E-state index contributed by atoms with van der Waals surface area (Å²) in [6.07, 6.45) is 6.00. The molecule has 0 N–H and O–H groups in total. The molecule has 1 aliphatic rings. The van der Waals surface area contributed by atoms with Crippen LogP contribution < -0.4 is 9.64 Å². The fourth-order valence-corrected chi connectivity index (χ4v) is 2.07. The van der Waals surface area contributed by atoms with E-state index in [1.807, 2.05) is 20.9 Å². The molecule has 5 nitrogen and oxygen atoms in total. The van der Waals surface area contributed by atoms with Crippen LogP contribution in [0.5, 0.6) is 5.88 Å². The molecule has 1 atom stereocenters. The number of hydrogen-bond acceptors (Lipinski definition) is 5. The Bertz CT molecular complexity index is 378. The number of rotatable bonds is 5. The Balaban J connectivity index is 2.05. The van der Waals surface area contributed by atoms with E-state index in [1.165, 1.54) is 0 Å². The third-order valence-corrected chi connectivity index (χ3v) is 2.86. The minimum absolute atomic E-state index is 0.0941. The molecule has 0 saturated carbocycles. The second-order valence-electron chi connectivity index (χ2n) is 4.87. The highest BCUT2D eigenvalue weighted by atomic mass is 16.5. The normalized spacial score (nSPS) is 19.2. The van der Waals surface area contributed by atoms with Gasteiger partial charge in [0.1, 0.15) is 0 Å². The average Bonchev–Trinajstić information content (AvgIpc) is 2.81. The van der Waals surface area contributed by atoms with Gasteiger partial charge in [-0.05, 0) is 26.7 Å². The molecule has 0 bridgehead atoms. The second-order valence-corrected chi connectivity index (χ2v) is 4.87. The van der Waals surface area contributed by atoms with Crippen LogP contribution in [0.15, 0.2) is 12.4 Å². The number of likely N-dealkylation sites (N-methyl/N-ethyl adjacent to an activating group) is 1. The van der Waals surface area contributed by atoms with Crippen LogP contribution in [0.1, 0.15) is 26.7 Å². The summed E-state index contributed by atoms with van der Waals surface area (Å²) in [7, 11) is 2.00. The van der Waals surface area contributed by atoms with Gasteiger partial charge in [0.15, 0.2) is 5.82 Å². The lowest BCUT2D eigenvalue weighted by Gasteiger charge is -2.23. The molecule has 2 heterocycles. The van der Waals surface area contributed by atoms with E-state index in [0.29, 0.717) is 12.0 Å². The third-order valence-electron chi connectivity index (χ3n) is 2.86. The first kappa shape index (κ1) is 13.1. The van der Waals surface area contributed by atoms with E-state index in [1.54, 1.807) is 12.4 Å². The molecule has 0 aromatic carbocycles. The molecule has 100 valence electrons. The van der Waals surface area contributed by atoms with E-state index in [0.717, 1.165) is 31.8 Å². The highest BCUT2D eigenvalue weighted by Crippen LogP contribution is 2.24. The Labute approximate surface area is 108 Å². The van der Waals surface area contributed by atoms with Crippen molar-refractivity contribution in [3.05, 3.63) is 12.4 Å². The number of anilines is 1. The van der Waals surface area contributed by atoms with Gasteiger partial charge in [0.05, 0.1) is 12.2 Å². The molecule has 0 amide bonds. The van der Waals surface area contributed by atoms with Crippen molar-refractivity contribution < 1.29 is 9.47 Å². The summed E-state index contributed by atoms with van der Waals surface area (Å²) in [5.41, 5.74) is 0. The first-order valence-corrected chi connectivity index (χ1v) is 6.47. The summed E-state index contributed by atoms with van der Waals surface area (Å²) in [4.78, 5) is 10.7. The van der Waals surface area contributed by atoms with Gasteiger partial charge < -0.3 is 14.4 Å². The van der Waals surface area contributed by atoms with E-state index in [9.17, 15) is 0 Å². The molecule has 1 saturated heterocycles. The van der Waals surface area contributed by atoms with Gasteiger partial charge in [-0.25, -0.2) is 9.97 Å². The topological polar surface area (TPSA) is 47.5 Å². The molecule has 0 spiro atoms. The van der Waals surface area contributed by atoms with Crippen molar-refractivity contribution in [3.63, 3.8) is 0 Å². The number of ether oxygens (including phenoxy) is 2. The van der Waals surface area contributed by atoms with E-state index >= 15 is 0 Å². The van der Waals surface area contributed by atoms with Crippen molar-refractivity contribution >= 4 is 5.82 Å². The van der Waals surface area contributed by atoms with Crippen LogP contribution in [0.25, 0.3) is 0 Å².